The van der Waals surface area contributed by atoms with Gasteiger partial charge in [-0.05, 0) is 153 Å². The van der Waals surface area contributed by atoms with Gasteiger partial charge in [-0.25, -0.2) is 19.6 Å². The van der Waals surface area contributed by atoms with Crippen LogP contribution in [-0.2, 0) is 64.1 Å². The first-order chi connectivity index (χ1) is 46.1. The number of imide groups is 1. The van der Waals surface area contributed by atoms with Crippen LogP contribution in [0.3, 0.4) is 0 Å². The summed E-state index contributed by atoms with van der Waals surface area (Å²) in [6, 6.07) is 21.6. The average molecular weight is 1370 g/mol. The van der Waals surface area contributed by atoms with Crippen LogP contribution in [0.15, 0.2) is 97.2 Å². The van der Waals surface area contributed by atoms with Crippen LogP contribution in [-0.4, -0.2) is 149 Å². The number of aromatic nitrogens is 4. The second-order valence-electron chi connectivity index (χ2n) is 28.0. The molecule has 6 aromatic rings. The Morgan fingerprint density at radius 3 is 2.23 bits per heavy atom. The largest absolute Gasteiger partial charge is 0.476 e. The molecule has 0 saturated heterocycles. The van der Waals surface area contributed by atoms with Crippen molar-refractivity contribution >= 4 is 93.3 Å². The minimum atomic E-state index is -4.54. The van der Waals surface area contributed by atoms with Crippen molar-refractivity contribution in [3.05, 3.63) is 131 Å². The number of amides is 7. The van der Waals surface area contributed by atoms with Gasteiger partial charge in [0.25, 0.3) is 17.7 Å². The van der Waals surface area contributed by atoms with Gasteiger partial charge < -0.3 is 50.1 Å². The average Bonchev–Trinajstić information content (AvgIpc) is 0.719. The second kappa shape index (κ2) is 28.4. The van der Waals surface area contributed by atoms with Gasteiger partial charge in [0.2, 0.25) is 17.7 Å². The van der Waals surface area contributed by atoms with Crippen molar-refractivity contribution in [2.75, 3.05) is 54.5 Å². The number of fused-ring (bicyclic) bond motifs is 2. The SMILES string of the molecule is Cc1c(-c2ccc(N3CCc4cccc(C(=O)Nc5nc6ccccc6s5)c4C3)nc2C(=O)O)cnn1CC12CC3(C)CC(C)(C1)CC(OCCN(CCP(=O)(O)O)C(=O)OCc1ccc(NC(=O)[C@H](C)NC(=O)C(NC(=O)CCCCCN4C(=O)C=CC4=O)C(C)C)cc1)(C3)C2. The zero-order valence-electron chi connectivity index (χ0n) is 55.4. The van der Waals surface area contributed by atoms with Gasteiger partial charge in [0.1, 0.15) is 24.5 Å². The van der Waals surface area contributed by atoms with E-state index in [1.165, 1.54) is 35.3 Å². The van der Waals surface area contributed by atoms with E-state index in [9.17, 15) is 57.8 Å². The van der Waals surface area contributed by atoms with Crippen LogP contribution in [0.1, 0.15) is 142 Å². The van der Waals surface area contributed by atoms with E-state index in [0.29, 0.717) is 90.6 Å². The van der Waals surface area contributed by atoms with E-state index in [0.717, 1.165) is 64.0 Å². The molecule has 4 bridgehead atoms. The maximum absolute atomic E-state index is 13.8. The molecule has 0 radical (unpaired) electrons. The number of carboxylic acid groups (broad SMARTS) is 1. The van der Waals surface area contributed by atoms with E-state index in [1.807, 2.05) is 59.0 Å². The Kier molecular flexibility index (Phi) is 20.4. The van der Waals surface area contributed by atoms with Crippen LogP contribution in [0.2, 0.25) is 0 Å². The van der Waals surface area contributed by atoms with E-state index in [2.05, 4.69) is 40.1 Å². The van der Waals surface area contributed by atoms with Gasteiger partial charge in [-0.15, -0.1) is 0 Å². The number of carbonyl (C=O) groups excluding carboxylic acids is 7. The lowest BCUT2D eigenvalue weighted by molar-refractivity contribution is -0.248. The van der Waals surface area contributed by atoms with Crippen molar-refractivity contribution < 1.29 is 67.3 Å². The molecular formula is C70H84N11O14PS. The monoisotopic (exact) mass is 1370 g/mol. The van der Waals surface area contributed by atoms with Gasteiger partial charge in [-0.1, -0.05) is 81.9 Å². The number of carboxylic acids is 1. The molecule has 25 nitrogen and oxygen atoms in total. The van der Waals surface area contributed by atoms with Crippen LogP contribution in [0, 0.1) is 29.1 Å². The number of thiazole rings is 1. The molecule has 3 aromatic carbocycles. The van der Waals surface area contributed by atoms with Crippen molar-refractivity contribution in [2.45, 2.75) is 150 Å². The number of para-hydroxylation sites is 1. The summed E-state index contributed by atoms with van der Waals surface area (Å²) in [5.74, 6) is -3.41. The molecule has 97 heavy (non-hydrogen) atoms. The summed E-state index contributed by atoms with van der Waals surface area (Å²) in [6.45, 7) is 12.9. The number of carbonyl (C=O) groups is 8. The van der Waals surface area contributed by atoms with Crippen molar-refractivity contribution in [1.82, 2.24) is 40.2 Å². The molecule has 4 fully saturated rings. The standard InChI is InChI=1S/C70H84N11O14PS/c1-43(2)59(76-56(82)17-8-7-11-27-80-57(83)24-25-58(80)84)63(87)72-44(3)61(85)73-48-20-18-46(19-21-48)35-94-66(90)78(30-32-96(91,92)93)29-31-95-70-39-67(5)36-68(6,40-70)38-69(37-67,41-70)42-81-45(4)51(33-71-81)49-22-23-55(75-60(49)64(88)89)79-28-26-47-13-12-14-50(52(47)34-79)62(86)77-65-74-53-15-9-10-16-54(53)97-65/h9-10,12-16,18-25,33,43-44,59H,7-8,11,17,26-32,34-42H2,1-6H3,(H,72,87)(H,73,85)(H,76,82)(H,88,89)(H,74,77,86)(H2,91,92,93)/t44-,59?,67?,68?,69?,70?/m0/s1. The molecule has 3 unspecified atom stereocenters. The van der Waals surface area contributed by atoms with Crippen LogP contribution in [0.25, 0.3) is 21.3 Å². The van der Waals surface area contributed by atoms with E-state index < -0.39 is 55.3 Å². The fourth-order valence-corrected chi connectivity index (χ4v) is 17.4. The van der Waals surface area contributed by atoms with Crippen LogP contribution in [0.5, 0.6) is 0 Å². The van der Waals surface area contributed by atoms with Crippen molar-refractivity contribution in [1.29, 1.82) is 0 Å². The molecule has 3 aromatic heterocycles. The van der Waals surface area contributed by atoms with Crippen molar-refractivity contribution in [3.63, 3.8) is 0 Å². The molecule has 12 rings (SSSR count). The third-order valence-electron chi connectivity index (χ3n) is 19.4. The van der Waals surface area contributed by atoms with Gasteiger partial charge in [0.05, 0.1) is 34.8 Å². The molecule has 7 amide bonds. The highest BCUT2D eigenvalue weighted by molar-refractivity contribution is 7.51. The van der Waals surface area contributed by atoms with Gasteiger partial charge >= 0.3 is 19.7 Å². The number of pyridine rings is 1. The first kappa shape index (κ1) is 69.7. The molecule has 7 N–H and O–H groups in total. The Morgan fingerprint density at radius 1 is 0.794 bits per heavy atom. The highest BCUT2D eigenvalue weighted by Gasteiger charge is 2.66. The van der Waals surface area contributed by atoms with Gasteiger partial charge in [-0.2, -0.15) is 5.10 Å². The molecule has 27 heteroatoms. The minimum absolute atomic E-state index is 0.00644. The quantitative estimate of drug-likeness (QED) is 0.0137. The molecule has 4 saturated carbocycles. The lowest BCUT2D eigenvalue weighted by atomic mass is 9.39. The molecule has 0 spiro atoms. The molecule has 5 heterocycles. The number of anilines is 3. The van der Waals surface area contributed by atoms with Gasteiger partial charge in [-0.3, -0.25) is 48.2 Å². The number of unbranched alkanes of at least 4 members (excludes halogenated alkanes) is 2. The number of nitrogens with zero attached hydrogens (tertiary/aromatic N) is 7. The maximum Gasteiger partial charge on any atom is 0.410 e. The number of aromatic carboxylic acids is 1. The minimum Gasteiger partial charge on any atom is -0.476 e. The zero-order chi connectivity index (χ0) is 69.2. The third kappa shape index (κ3) is 16.3. The predicted molar refractivity (Wildman–Crippen MR) is 363 cm³/mol. The molecule has 6 aliphatic rings. The number of hydrogen-bond acceptors (Lipinski definition) is 16. The Balaban J connectivity index is 0.682. The first-order valence-corrected chi connectivity index (χ1v) is 35.6. The normalized spacial score (nSPS) is 21.6. The zero-order valence-corrected chi connectivity index (χ0v) is 57.1. The predicted octanol–water partition coefficient (Wildman–Crippen LogP) is 9.40. The van der Waals surface area contributed by atoms with E-state index >= 15 is 0 Å². The smallest absolute Gasteiger partial charge is 0.410 e. The Hall–Kier alpha value is -8.68. The molecule has 2 aliphatic heterocycles. The van der Waals surface area contributed by atoms with Gasteiger partial charge in [0, 0.05) is 85.9 Å². The maximum atomic E-state index is 13.8. The van der Waals surface area contributed by atoms with E-state index in [1.54, 1.807) is 56.4 Å². The molecule has 4 aliphatic carbocycles. The number of ether oxygens (including phenoxy) is 2. The fraction of sp³-hybridized carbons (Fsp3) is 0.471. The summed E-state index contributed by atoms with van der Waals surface area (Å²) >= 11 is 1.40. The molecular weight excluding hydrogens is 1280 g/mol. The number of rotatable bonds is 28. The Morgan fingerprint density at radius 2 is 1.53 bits per heavy atom. The second-order valence-corrected chi connectivity index (χ2v) is 30.9. The summed E-state index contributed by atoms with van der Waals surface area (Å²) in [6.07, 6.45) is 10.3. The summed E-state index contributed by atoms with van der Waals surface area (Å²) in [5.41, 5.74) is 4.89. The summed E-state index contributed by atoms with van der Waals surface area (Å²) in [4.78, 5) is 137. The van der Waals surface area contributed by atoms with Crippen LogP contribution in [0.4, 0.5) is 21.4 Å². The lowest BCUT2D eigenvalue weighted by Gasteiger charge is -2.69. The number of nitrogens with one attached hydrogen (secondary N) is 4. The van der Waals surface area contributed by atoms with Gasteiger partial charge in [0.15, 0.2) is 10.8 Å². The van der Waals surface area contributed by atoms with E-state index in [-0.39, 0.29) is 90.8 Å². The lowest BCUT2D eigenvalue weighted by Crippen LogP contribution is -2.64. The summed E-state index contributed by atoms with van der Waals surface area (Å²) in [5, 5.41) is 27.3. The number of benzene rings is 3. The van der Waals surface area contributed by atoms with Crippen molar-refractivity contribution in [3.8, 4) is 11.1 Å². The Labute approximate surface area is 566 Å². The van der Waals surface area contributed by atoms with Crippen molar-refractivity contribution in [2.24, 2.45) is 22.2 Å². The third-order valence-corrected chi connectivity index (χ3v) is 21.2. The molecule has 514 valence electrons. The Bertz CT molecular complexity index is 4060. The summed E-state index contributed by atoms with van der Waals surface area (Å²) in [7, 11) is -4.54. The first-order valence-electron chi connectivity index (χ1n) is 33.0. The highest BCUT2D eigenvalue weighted by Crippen LogP contribution is 2.72. The summed E-state index contributed by atoms with van der Waals surface area (Å²) < 4.78 is 27.8. The fourth-order valence-electron chi connectivity index (χ4n) is 16.0. The van der Waals surface area contributed by atoms with Crippen LogP contribution >= 0.6 is 18.9 Å². The molecule has 4 atom stereocenters. The van der Waals surface area contributed by atoms with E-state index in [4.69, 9.17) is 19.6 Å². The number of hydrogen-bond donors (Lipinski definition) is 7. The topological polar surface area (TPSA) is 334 Å². The van der Waals surface area contributed by atoms with Crippen LogP contribution < -0.4 is 26.2 Å². The highest BCUT2D eigenvalue weighted by atomic mass is 32.1.